The Labute approximate surface area is 128 Å². The fourth-order valence-electron chi connectivity index (χ4n) is 2.00. The number of halogens is 1. The molecule has 0 amide bonds. The number of ether oxygens (including phenoxy) is 1. The van der Waals surface area contributed by atoms with Crippen molar-refractivity contribution in [1.29, 1.82) is 0 Å². The molecular weight excluding hydrogens is 318 g/mol. The Balaban J connectivity index is 2.10. The molecule has 2 rings (SSSR count). The lowest BCUT2D eigenvalue weighted by Gasteiger charge is -2.18. The van der Waals surface area contributed by atoms with Gasteiger partial charge >= 0.3 is 0 Å². The van der Waals surface area contributed by atoms with Gasteiger partial charge in [0.25, 0.3) is 0 Å². The Kier molecular flexibility index (Phi) is 5.68. The molecule has 1 aromatic heterocycles. The predicted octanol–water partition coefficient (Wildman–Crippen LogP) is 4.68. The van der Waals surface area contributed by atoms with Crippen molar-refractivity contribution in [2.75, 3.05) is 6.54 Å². The molecule has 0 radical (unpaired) electrons. The Morgan fingerprint density at radius 2 is 2.20 bits per heavy atom. The van der Waals surface area contributed by atoms with E-state index in [1.165, 1.54) is 0 Å². The molecule has 2 aromatic rings. The lowest BCUT2D eigenvalue weighted by molar-refractivity contribution is 0.265. The summed E-state index contributed by atoms with van der Waals surface area (Å²) < 4.78 is 12.2. The molecule has 0 aliphatic carbocycles. The minimum Gasteiger partial charge on any atom is -0.485 e. The van der Waals surface area contributed by atoms with Gasteiger partial charge in [-0.1, -0.05) is 22.9 Å². The first kappa shape index (κ1) is 15.1. The van der Waals surface area contributed by atoms with Crippen LogP contribution in [0.3, 0.4) is 0 Å². The van der Waals surface area contributed by atoms with Crippen LogP contribution in [0.15, 0.2) is 45.5 Å². The molecule has 3 nitrogen and oxygen atoms in total. The molecular formula is C16H20BrNO2. The molecule has 0 spiro atoms. The molecule has 0 saturated heterocycles. The van der Waals surface area contributed by atoms with Gasteiger partial charge in [0.1, 0.15) is 18.1 Å². The lowest BCUT2D eigenvalue weighted by atomic mass is 10.1. The zero-order chi connectivity index (χ0) is 14.4. The monoisotopic (exact) mass is 337 g/mol. The first-order valence-corrected chi connectivity index (χ1v) is 7.68. The van der Waals surface area contributed by atoms with E-state index < -0.39 is 0 Å². The van der Waals surface area contributed by atoms with Crippen molar-refractivity contribution in [3.05, 3.63) is 52.4 Å². The number of nitrogens with one attached hydrogen (secondary N) is 1. The van der Waals surface area contributed by atoms with Crippen molar-refractivity contribution in [1.82, 2.24) is 5.32 Å². The van der Waals surface area contributed by atoms with Crippen molar-refractivity contribution >= 4 is 15.9 Å². The molecule has 0 bridgehead atoms. The Morgan fingerprint density at radius 3 is 2.90 bits per heavy atom. The number of hydrogen-bond donors (Lipinski definition) is 1. The number of rotatable bonds is 7. The SMILES string of the molecule is CCCNC(C)c1cc(Br)ccc1OCc1ccco1. The summed E-state index contributed by atoms with van der Waals surface area (Å²) in [5, 5.41) is 3.49. The van der Waals surface area contributed by atoms with Gasteiger partial charge in [0, 0.05) is 16.1 Å². The lowest BCUT2D eigenvalue weighted by Crippen LogP contribution is -2.20. The van der Waals surface area contributed by atoms with Crippen molar-refractivity contribution in [3.8, 4) is 5.75 Å². The molecule has 4 heteroatoms. The average Bonchev–Trinajstić information content (AvgIpc) is 2.96. The maximum atomic E-state index is 5.88. The number of hydrogen-bond acceptors (Lipinski definition) is 3. The number of benzene rings is 1. The van der Waals surface area contributed by atoms with Gasteiger partial charge in [-0.25, -0.2) is 0 Å². The van der Waals surface area contributed by atoms with E-state index in [4.69, 9.17) is 9.15 Å². The third kappa shape index (κ3) is 4.12. The summed E-state index contributed by atoms with van der Waals surface area (Å²) in [6.45, 7) is 5.75. The van der Waals surface area contributed by atoms with E-state index in [9.17, 15) is 0 Å². The van der Waals surface area contributed by atoms with Gasteiger partial charge in [0.2, 0.25) is 0 Å². The molecule has 0 saturated carbocycles. The standard InChI is InChI=1S/C16H20BrNO2/c1-3-8-18-12(2)15-10-13(17)6-7-16(15)20-11-14-5-4-9-19-14/h4-7,9-10,12,18H,3,8,11H2,1-2H3. The summed E-state index contributed by atoms with van der Waals surface area (Å²) in [4.78, 5) is 0. The van der Waals surface area contributed by atoms with Crippen molar-refractivity contribution in [2.24, 2.45) is 0 Å². The summed E-state index contributed by atoms with van der Waals surface area (Å²) in [5.74, 6) is 1.72. The van der Waals surface area contributed by atoms with Crippen LogP contribution in [0.2, 0.25) is 0 Å². The van der Waals surface area contributed by atoms with Crippen LogP contribution < -0.4 is 10.1 Å². The normalized spacial score (nSPS) is 12.3. The fourth-order valence-corrected chi connectivity index (χ4v) is 2.38. The topological polar surface area (TPSA) is 34.4 Å². The molecule has 1 heterocycles. The zero-order valence-electron chi connectivity index (χ0n) is 11.9. The maximum absolute atomic E-state index is 5.88. The van der Waals surface area contributed by atoms with Crippen molar-refractivity contribution in [3.63, 3.8) is 0 Å². The smallest absolute Gasteiger partial charge is 0.146 e. The molecule has 1 atom stereocenters. The summed E-state index contributed by atoms with van der Waals surface area (Å²) in [6.07, 6.45) is 2.77. The van der Waals surface area contributed by atoms with Gasteiger partial charge in [-0.15, -0.1) is 0 Å². The third-order valence-corrected chi connectivity index (χ3v) is 3.58. The van der Waals surface area contributed by atoms with E-state index in [2.05, 4.69) is 41.2 Å². The van der Waals surface area contributed by atoms with Crippen LogP contribution in [0.1, 0.15) is 37.6 Å². The quantitative estimate of drug-likeness (QED) is 0.796. The summed E-state index contributed by atoms with van der Waals surface area (Å²) >= 11 is 3.52. The molecule has 108 valence electrons. The minimum absolute atomic E-state index is 0.249. The highest BCUT2D eigenvalue weighted by atomic mass is 79.9. The molecule has 0 fully saturated rings. The van der Waals surface area contributed by atoms with Gasteiger partial charge in [0.05, 0.1) is 6.26 Å². The minimum atomic E-state index is 0.249. The average molecular weight is 338 g/mol. The van der Waals surface area contributed by atoms with Crippen LogP contribution in [0.25, 0.3) is 0 Å². The molecule has 0 aliphatic heterocycles. The highest BCUT2D eigenvalue weighted by molar-refractivity contribution is 9.10. The van der Waals surface area contributed by atoms with Gasteiger partial charge in [0.15, 0.2) is 0 Å². The van der Waals surface area contributed by atoms with E-state index >= 15 is 0 Å². The zero-order valence-corrected chi connectivity index (χ0v) is 13.4. The second kappa shape index (κ2) is 7.50. The first-order chi connectivity index (χ1) is 9.70. The first-order valence-electron chi connectivity index (χ1n) is 6.88. The van der Waals surface area contributed by atoms with Crippen LogP contribution >= 0.6 is 15.9 Å². The molecule has 1 aromatic carbocycles. The second-order valence-corrected chi connectivity index (χ2v) is 5.64. The molecule has 1 N–H and O–H groups in total. The van der Waals surface area contributed by atoms with E-state index in [1.807, 2.05) is 24.3 Å². The maximum Gasteiger partial charge on any atom is 0.146 e. The second-order valence-electron chi connectivity index (χ2n) is 4.73. The van der Waals surface area contributed by atoms with Crippen LogP contribution in [-0.2, 0) is 6.61 Å². The van der Waals surface area contributed by atoms with Crippen LogP contribution in [0.5, 0.6) is 5.75 Å². The Hall–Kier alpha value is -1.26. The summed E-state index contributed by atoms with van der Waals surface area (Å²) in [5.41, 5.74) is 1.15. The van der Waals surface area contributed by atoms with Crippen LogP contribution in [0.4, 0.5) is 0 Å². The van der Waals surface area contributed by atoms with Crippen LogP contribution in [0, 0.1) is 0 Å². The van der Waals surface area contributed by atoms with Crippen LogP contribution in [-0.4, -0.2) is 6.54 Å². The van der Waals surface area contributed by atoms with E-state index in [1.54, 1.807) is 6.26 Å². The summed E-state index contributed by atoms with van der Waals surface area (Å²) in [7, 11) is 0. The Bertz CT molecular complexity index is 525. The van der Waals surface area contributed by atoms with E-state index in [-0.39, 0.29) is 6.04 Å². The molecule has 0 aliphatic rings. The molecule has 20 heavy (non-hydrogen) atoms. The molecule has 1 unspecified atom stereocenters. The predicted molar refractivity (Wildman–Crippen MR) is 83.9 cm³/mol. The Morgan fingerprint density at radius 1 is 1.35 bits per heavy atom. The third-order valence-electron chi connectivity index (χ3n) is 3.09. The van der Waals surface area contributed by atoms with E-state index in [0.717, 1.165) is 34.5 Å². The highest BCUT2D eigenvalue weighted by Crippen LogP contribution is 2.29. The van der Waals surface area contributed by atoms with Crippen molar-refractivity contribution < 1.29 is 9.15 Å². The van der Waals surface area contributed by atoms with Gasteiger partial charge in [-0.3, -0.25) is 0 Å². The van der Waals surface area contributed by atoms with Gasteiger partial charge < -0.3 is 14.5 Å². The van der Waals surface area contributed by atoms with Crippen molar-refractivity contribution in [2.45, 2.75) is 32.9 Å². The number of furan rings is 1. The van der Waals surface area contributed by atoms with Gasteiger partial charge in [-0.2, -0.15) is 0 Å². The fraction of sp³-hybridized carbons (Fsp3) is 0.375. The summed E-state index contributed by atoms with van der Waals surface area (Å²) in [6, 6.07) is 10.1. The highest BCUT2D eigenvalue weighted by Gasteiger charge is 2.12. The largest absolute Gasteiger partial charge is 0.485 e. The van der Waals surface area contributed by atoms with Gasteiger partial charge in [-0.05, 0) is 50.2 Å². The van der Waals surface area contributed by atoms with E-state index in [0.29, 0.717) is 6.61 Å².